The second kappa shape index (κ2) is 6.74. The average Bonchev–Trinajstić information content (AvgIpc) is 3.42. The summed E-state index contributed by atoms with van der Waals surface area (Å²) in [5.41, 5.74) is 15.3. The molecule has 34 heavy (non-hydrogen) atoms. The molecule has 0 bridgehead atoms. The fourth-order valence-electron chi connectivity index (χ4n) is 6.81. The van der Waals surface area contributed by atoms with Crippen molar-refractivity contribution in [1.29, 1.82) is 0 Å². The molecule has 0 aliphatic carbocycles. The van der Waals surface area contributed by atoms with E-state index in [0.717, 1.165) is 0 Å². The van der Waals surface area contributed by atoms with Crippen LogP contribution in [0.2, 0.25) is 0 Å². The molecule has 0 saturated carbocycles. The summed E-state index contributed by atoms with van der Waals surface area (Å²) in [6.07, 6.45) is 0. The van der Waals surface area contributed by atoms with Crippen molar-refractivity contribution in [2.75, 3.05) is 0 Å². The molecule has 0 atom stereocenters. The topological polar surface area (TPSA) is 0 Å². The molecule has 2 heteroatoms. The van der Waals surface area contributed by atoms with Crippen LogP contribution in [-0.2, 0) is 0 Å². The predicted octanol–water partition coefficient (Wildman–Crippen LogP) is 4.46. The smallest absolute Gasteiger partial charge is 0.103 e. The Labute approximate surface area is 200 Å². The Morgan fingerprint density at radius 3 is 1.00 bits per heavy atom. The molecule has 0 N–H and O–H groups in total. The lowest BCUT2D eigenvalue weighted by molar-refractivity contribution is 1.61. The minimum atomic E-state index is 0.249. The number of hydrogen-bond donors (Lipinski definition) is 0. The standard InChI is InChI=1S/C32H20B2/c1-2-12-22-21(11-1)23-13-3-7-17-27(23)33-29-19-9-5-15-25(29)31-26-16-6-10-20-30(26)34(32(31)33)28-18-8-4-14-24(22)28/h1-20H. The molecule has 0 spiro atoms. The first kappa shape index (κ1) is 18.4. The summed E-state index contributed by atoms with van der Waals surface area (Å²) in [4.78, 5) is 0. The molecule has 0 aromatic heterocycles. The van der Waals surface area contributed by atoms with Gasteiger partial charge in [0.2, 0.25) is 13.4 Å². The molecule has 0 fully saturated rings. The van der Waals surface area contributed by atoms with E-state index in [0.29, 0.717) is 0 Å². The Morgan fingerprint density at radius 2 is 0.588 bits per heavy atom. The first-order valence-corrected chi connectivity index (χ1v) is 12.1. The van der Waals surface area contributed by atoms with Gasteiger partial charge < -0.3 is 0 Å². The predicted molar refractivity (Wildman–Crippen MR) is 146 cm³/mol. The summed E-state index contributed by atoms with van der Waals surface area (Å²) in [5.74, 6) is 0. The second-order valence-corrected chi connectivity index (χ2v) is 9.59. The van der Waals surface area contributed by atoms with Crippen LogP contribution in [0.5, 0.6) is 0 Å². The van der Waals surface area contributed by atoms with Gasteiger partial charge in [0.05, 0.1) is 0 Å². The van der Waals surface area contributed by atoms with Crippen molar-refractivity contribution in [1.82, 2.24) is 0 Å². The van der Waals surface area contributed by atoms with Crippen LogP contribution in [0.25, 0.3) is 27.8 Å². The molecule has 5 aromatic rings. The van der Waals surface area contributed by atoms with E-state index in [4.69, 9.17) is 0 Å². The van der Waals surface area contributed by atoms with E-state index in [1.54, 1.807) is 5.37 Å². The maximum Gasteiger partial charge on any atom is 0.231 e. The minimum absolute atomic E-state index is 0.249. The Bertz CT molecular complexity index is 1550. The highest BCUT2D eigenvalue weighted by atomic mass is 14.3. The number of fused-ring (bicyclic) bond motifs is 13. The summed E-state index contributed by atoms with van der Waals surface area (Å²) >= 11 is 0. The highest BCUT2D eigenvalue weighted by molar-refractivity contribution is 7.14. The molecule has 0 nitrogen and oxygen atoms in total. The Hall–Kier alpha value is -4.03. The van der Waals surface area contributed by atoms with Crippen LogP contribution in [0.1, 0.15) is 11.1 Å². The minimum Gasteiger partial charge on any atom is -0.103 e. The van der Waals surface area contributed by atoms with Gasteiger partial charge in [0.25, 0.3) is 0 Å². The summed E-state index contributed by atoms with van der Waals surface area (Å²) in [6.45, 7) is 0.498. The maximum absolute atomic E-state index is 2.36. The van der Waals surface area contributed by atoms with E-state index in [-0.39, 0.29) is 13.4 Å². The van der Waals surface area contributed by atoms with Gasteiger partial charge in [-0.1, -0.05) is 143 Å². The third kappa shape index (κ3) is 2.26. The fourth-order valence-corrected chi connectivity index (χ4v) is 6.81. The van der Waals surface area contributed by atoms with E-state index in [1.807, 2.05) is 0 Å². The van der Waals surface area contributed by atoms with Crippen molar-refractivity contribution in [3.63, 3.8) is 0 Å². The zero-order valence-electron chi connectivity index (χ0n) is 18.7. The highest BCUT2D eigenvalue weighted by Crippen LogP contribution is 2.41. The summed E-state index contributed by atoms with van der Waals surface area (Å²) in [7, 11) is 0. The van der Waals surface area contributed by atoms with Crippen LogP contribution in [0.15, 0.2) is 127 Å². The van der Waals surface area contributed by atoms with Crippen LogP contribution in [-0.4, -0.2) is 13.4 Å². The normalized spacial score (nSPS) is 14.2. The Morgan fingerprint density at radius 1 is 0.294 bits per heavy atom. The summed E-state index contributed by atoms with van der Waals surface area (Å²) < 4.78 is 0. The van der Waals surface area contributed by atoms with E-state index in [1.165, 1.54) is 60.8 Å². The summed E-state index contributed by atoms with van der Waals surface area (Å²) in [5, 5.41) is 1.55. The molecule has 0 saturated heterocycles. The van der Waals surface area contributed by atoms with E-state index >= 15 is 0 Å². The lowest BCUT2D eigenvalue weighted by Gasteiger charge is -2.21. The van der Waals surface area contributed by atoms with Crippen molar-refractivity contribution in [3.8, 4) is 22.3 Å². The van der Waals surface area contributed by atoms with Gasteiger partial charge in [-0.25, -0.2) is 0 Å². The molecule has 0 amide bonds. The molecule has 154 valence electrons. The molecule has 3 heterocycles. The van der Waals surface area contributed by atoms with Crippen LogP contribution in [0, 0.1) is 0 Å². The average molecular weight is 426 g/mol. The molecular weight excluding hydrogens is 406 g/mol. The van der Waals surface area contributed by atoms with Gasteiger partial charge in [-0.15, -0.1) is 5.37 Å². The van der Waals surface area contributed by atoms with Crippen molar-refractivity contribution >= 4 is 40.8 Å². The van der Waals surface area contributed by atoms with Crippen molar-refractivity contribution in [2.45, 2.75) is 0 Å². The van der Waals surface area contributed by atoms with Crippen LogP contribution in [0.4, 0.5) is 0 Å². The molecule has 3 aliphatic rings. The quantitative estimate of drug-likeness (QED) is 0.321. The Balaban J connectivity index is 1.60. The molecule has 5 aromatic carbocycles. The number of rotatable bonds is 0. The first-order chi connectivity index (χ1) is 16.9. The lowest BCUT2D eigenvalue weighted by Crippen LogP contribution is -2.53. The molecular formula is C32H20B2. The van der Waals surface area contributed by atoms with Crippen LogP contribution < -0.4 is 21.9 Å². The maximum atomic E-state index is 2.36. The second-order valence-electron chi connectivity index (χ2n) is 9.59. The highest BCUT2D eigenvalue weighted by Gasteiger charge is 2.48. The zero-order valence-corrected chi connectivity index (χ0v) is 18.7. The third-order valence-electron chi connectivity index (χ3n) is 8.04. The fraction of sp³-hybridized carbons (Fsp3) is 0. The van der Waals surface area contributed by atoms with E-state index in [9.17, 15) is 0 Å². The largest absolute Gasteiger partial charge is 0.231 e. The number of hydrogen-bond acceptors (Lipinski definition) is 0. The van der Waals surface area contributed by atoms with Gasteiger partial charge in [0.15, 0.2) is 0 Å². The van der Waals surface area contributed by atoms with Crippen LogP contribution >= 0.6 is 0 Å². The van der Waals surface area contributed by atoms with Gasteiger partial charge in [-0.05, 0) is 39.0 Å². The number of benzene rings is 5. The monoisotopic (exact) mass is 426 g/mol. The van der Waals surface area contributed by atoms with Crippen molar-refractivity contribution in [2.24, 2.45) is 0 Å². The van der Waals surface area contributed by atoms with Gasteiger partial charge in [0, 0.05) is 0 Å². The van der Waals surface area contributed by atoms with Gasteiger partial charge >= 0.3 is 0 Å². The Kier molecular flexibility index (Phi) is 3.65. The zero-order chi connectivity index (χ0) is 22.2. The van der Waals surface area contributed by atoms with Gasteiger partial charge in [0.1, 0.15) is 0 Å². The molecule has 0 unspecified atom stereocenters. The third-order valence-corrected chi connectivity index (χ3v) is 8.04. The van der Waals surface area contributed by atoms with Gasteiger partial charge in [-0.3, -0.25) is 0 Å². The van der Waals surface area contributed by atoms with E-state index < -0.39 is 0 Å². The SMILES string of the molecule is c1ccc2c(c1)B1C3=C2c2ccccc2B3c2ccccc2-c2ccccc2-c2ccccc21. The lowest BCUT2D eigenvalue weighted by atomic mass is 9.20. The van der Waals surface area contributed by atoms with E-state index in [2.05, 4.69) is 121 Å². The molecule has 8 rings (SSSR count). The van der Waals surface area contributed by atoms with Crippen molar-refractivity contribution < 1.29 is 0 Å². The molecule has 3 aliphatic heterocycles. The first-order valence-electron chi connectivity index (χ1n) is 12.1. The summed E-state index contributed by atoms with van der Waals surface area (Å²) in [6, 6.07) is 45.3. The molecule has 0 radical (unpaired) electrons. The van der Waals surface area contributed by atoms with Gasteiger partial charge in [-0.2, -0.15) is 0 Å². The van der Waals surface area contributed by atoms with Crippen molar-refractivity contribution in [3.05, 3.63) is 138 Å². The van der Waals surface area contributed by atoms with Crippen LogP contribution in [0.3, 0.4) is 0 Å².